The number of carbonyl (C=O) groups is 1. The normalized spacial score (nSPS) is 14.5. The molecule has 1 aromatic heterocycles. The Morgan fingerprint density at radius 3 is 3.27 bits per heavy atom. The van der Waals surface area contributed by atoms with Gasteiger partial charge in [-0.2, -0.15) is 0 Å². The summed E-state index contributed by atoms with van der Waals surface area (Å²) in [7, 11) is 0. The summed E-state index contributed by atoms with van der Waals surface area (Å²) in [6, 6.07) is 1.63. The number of rotatable bonds is 0. The van der Waals surface area contributed by atoms with Crippen molar-refractivity contribution in [1.82, 2.24) is 10.3 Å². The summed E-state index contributed by atoms with van der Waals surface area (Å²) >= 11 is 5.65. The van der Waals surface area contributed by atoms with Crippen molar-refractivity contribution >= 4 is 17.5 Å². The molecule has 1 N–H and O–H groups in total. The van der Waals surface area contributed by atoms with Gasteiger partial charge in [0.15, 0.2) is 0 Å². The Balaban J connectivity index is 2.60. The Hall–Kier alpha value is -1.09. The van der Waals surface area contributed by atoms with Crippen molar-refractivity contribution in [1.29, 1.82) is 0 Å². The molecule has 0 atom stereocenters. The monoisotopic (exact) mass is 168 g/mol. The molecule has 3 nitrogen and oxygen atoms in total. The van der Waals surface area contributed by atoms with E-state index in [0.29, 0.717) is 17.1 Å². The van der Waals surface area contributed by atoms with Gasteiger partial charge in [-0.15, -0.1) is 0 Å². The van der Waals surface area contributed by atoms with Crippen LogP contribution >= 0.6 is 11.6 Å². The van der Waals surface area contributed by atoms with E-state index in [1.54, 1.807) is 12.3 Å². The summed E-state index contributed by atoms with van der Waals surface area (Å²) in [5.41, 5.74) is 1.37. The van der Waals surface area contributed by atoms with Crippen LogP contribution in [0.3, 0.4) is 0 Å². The lowest BCUT2D eigenvalue weighted by Crippen LogP contribution is -2.12. The molecule has 0 saturated carbocycles. The smallest absolute Gasteiger partial charge is 0.253 e. The number of hydrogen-bond acceptors (Lipinski definition) is 2. The van der Waals surface area contributed by atoms with Gasteiger partial charge in [0.25, 0.3) is 5.91 Å². The molecule has 0 fully saturated rings. The van der Waals surface area contributed by atoms with Gasteiger partial charge in [-0.05, 0) is 6.07 Å². The maximum atomic E-state index is 11.0. The molecule has 0 unspecified atom stereocenters. The number of pyridine rings is 1. The lowest BCUT2D eigenvalue weighted by atomic mass is 10.2. The van der Waals surface area contributed by atoms with Gasteiger partial charge in [0.1, 0.15) is 0 Å². The highest BCUT2D eigenvalue weighted by atomic mass is 35.5. The number of halogens is 1. The Bertz CT molecular complexity index is 324. The standard InChI is InChI=1S/C7H5ClN2O/c8-4-1-5-6(9-2-4)3-10-7(5)11/h1-2H,3H2,(H,10,11). The van der Waals surface area contributed by atoms with Crippen LogP contribution in [0.2, 0.25) is 5.02 Å². The largest absolute Gasteiger partial charge is 0.346 e. The Labute approximate surface area is 68.4 Å². The van der Waals surface area contributed by atoms with E-state index in [9.17, 15) is 4.79 Å². The lowest BCUT2D eigenvalue weighted by molar-refractivity contribution is 0.0966. The number of carbonyl (C=O) groups excluding carboxylic acids is 1. The van der Waals surface area contributed by atoms with Crippen LogP contribution in [-0.4, -0.2) is 10.9 Å². The van der Waals surface area contributed by atoms with Crippen molar-refractivity contribution in [2.45, 2.75) is 6.54 Å². The van der Waals surface area contributed by atoms with E-state index in [1.807, 2.05) is 0 Å². The van der Waals surface area contributed by atoms with Crippen molar-refractivity contribution in [2.24, 2.45) is 0 Å². The molecule has 1 aliphatic heterocycles. The van der Waals surface area contributed by atoms with E-state index in [4.69, 9.17) is 11.6 Å². The average Bonchev–Trinajstić information content (AvgIpc) is 2.33. The van der Waals surface area contributed by atoms with Crippen LogP contribution in [0.5, 0.6) is 0 Å². The first-order valence-electron chi connectivity index (χ1n) is 3.20. The fourth-order valence-electron chi connectivity index (χ4n) is 1.06. The lowest BCUT2D eigenvalue weighted by Gasteiger charge is -1.93. The van der Waals surface area contributed by atoms with Crippen LogP contribution in [0.1, 0.15) is 16.1 Å². The first-order chi connectivity index (χ1) is 5.27. The molecule has 1 amide bonds. The number of hydrogen-bond donors (Lipinski definition) is 1. The number of amides is 1. The first kappa shape index (κ1) is 6.61. The van der Waals surface area contributed by atoms with E-state index in [0.717, 1.165) is 5.69 Å². The molecular formula is C7H5ClN2O. The van der Waals surface area contributed by atoms with Crippen LogP contribution in [0.15, 0.2) is 12.3 Å². The van der Waals surface area contributed by atoms with E-state index in [-0.39, 0.29) is 5.91 Å². The molecule has 56 valence electrons. The van der Waals surface area contributed by atoms with Gasteiger partial charge in [-0.25, -0.2) is 0 Å². The average molecular weight is 169 g/mol. The molecule has 4 heteroatoms. The molecule has 0 aromatic carbocycles. The summed E-state index contributed by atoms with van der Waals surface area (Å²) in [6.07, 6.45) is 1.54. The summed E-state index contributed by atoms with van der Waals surface area (Å²) in [5, 5.41) is 3.15. The van der Waals surface area contributed by atoms with Crippen LogP contribution < -0.4 is 5.32 Å². The zero-order valence-corrected chi connectivity index (χ0v) is 6.35. The van der Waals surface area contributed by atoms with Crippen molar-refractivity contribution in [3.63, 3.8) is 0 Å². The van der Waals surface area contributed by atoms with Crippen LogP contribution in [-0.2, 0) is 6.54 Å². The molecule has 2 rings (SSSR count). The third kappa shape index (κ3) is 0.973. The quantitative estimate of drug-likeness (QED) is 0.628. The Morgan fingerprint density at radius 2 is 2.45 bits per heavy atom. The van der Waals surface area contributed by atoms with Gasteiger partial charge in [0.05, 0.1) is 22.8 Å². The number of aromatic nitrogens is 1. The fraction of sp³-hybridized carbons (Fsp3) is 0.143. The molecule has 1 aliphatic rings. The maximum absolute atomic E-state index is 11.0. The molecule has 1 aromatic rings. The van der Waals surface area contributed by atoms with Gasteiger partial charge < -0.3 is 5.32 Å². The molecule has 0 aliphatic carbocycles. The third-order valence-corrected chi connectivity index (χ3v) is 1.80. The molecule has 0 spiro atoms. The molecule has 0 bridgehead atoms. The Morgan fingerprint density at radius 1 is 1.64 bits per heavy atom. The summed E-state index contributed by atoms with van der Waals surface area (Å²) in [5.74, 6) is -0.0880. The highest BCUT2D eigenvalue weighted by Gasteiger charge is 2.19. The third-order valence-electron chi connectivity index (χ3n) is 1.60. The van der Waals surface area contributed by atoms with Gasteiger partial charge in [0, 0.05) is 6.20 Å². The zero-order valence-electron chi connectivity index (χ0n) is 5.60. The predicted octanol–water partition coefficient (Wildman–Crippen LogP) is 0.978. The summed E-state index contributed by atoms with van der Waals surface area (Å²) in [4.78, 5) is 15.0. The molecule has 2 heterocycles. The summed E-state index contributed by atoms with van der Waals surface area (Å²) in [6.45, 7) is 0.519. The van der Waals surface area contributed by atoms with E-state index < -0.39 is 0 Å². The van der Waals surface area contributed by atoms with Crippen molar-refractivity contribution in [3.05, 3.63) is 28.5 Å². The van der Waals surface area contributed by atoms with Crippen LogP contribution in [0.4, 0.5) is 0 Å². The minimum Gasteiger partial charge on any atom is -0.346 e. The highest BCUT2D eigenvalue weighted by molar-refractivity contribution is 6.30. The topological polar surface area (TPSA) is 42.0 Å². The van der Waals surface area contributed by atoms with Crippen molar-refractivity contribution in [3.8, 4) is 0 Å². The Kier molecular flexibility index (Phi) is 1.32. The van der Waals surface area contributed by atoms with E-state index in [1.165, 1.54) is 0 Å². The van der Waals surface area contributed by atoms with E-state index in [2.05, 4.69) is 10.3 Å². The van der Waals surface area contributed by atoms with Gasteiger partial charge in [0.2, 0.25) is 0 Å². The van der Waals surface area contributed by atoms with Crippen molar-refractivity contribution < 1.29 is 4.79 Å². The minimum atomic E-state index is -0.0880. The number of nitrogens with zero attached hydrogens (tertiary/aromatic N) is 1. The fourth-order valence-corrected chi connectivity index (χ4v) is 1.22. The molecule has 0 saturated heterocycles. The van der Waals surface area contributed by atoms with E-state index >= 15 is 0 Å². The van der Waals surface area contributed by atoms with Gasteiger partial charge in [-0.1, -0.05) is 11.6 Å². The summed E-state index contributed by atoms with van der Waals surface area (Å²) < 4.78 is 0. The van der Waals surface area contributed by atoms with Crippen LogP contribution in [0.25, 0.3) is 0 Å². The zero-order chi connectivity index (χ0) is 7.84. The number of fused-ring (bicyclic) bond motifs is 1. The second-order valence-electron chi connectivity index (χ2n) is 2.33. The predicted molar refractivity (Wildman–Crippen MR) is 40.4 cm³/mol. The maximum Gasteiger partial charge on any atom is 0.253 e. The van der Waals surface area contributed by atoms with Gasteiger partial charge in [-0.3, -0.25) is 9.78 Å². The highest BCUT2D eigenvalue weighted by Crippen LogP contribution is 2.16. The number of nitrogens with one attached hydrogen (secondary N) is 1. The second kappa shape index (κ2) is 2.20. The SMILES string of the molecule is O=C1NCc2ncc(Cl)cc21. The molecular weight excluding hydrogens is 164 g/mol. The first-order valence-corrected chi connectivity index (χ1v) is 3.58. The second-order valence-corrected chi connectivity index (χ2v) is 2.77. The minimum absolute atomic E-state index is 0.0880. The van der Waals surface area contributed by atoms with Crippen molar-refractivity contribution in [2.75, 3.05) is 0 Å². The van der Waals surface area contributed by atoms with Gasteiger partial charge >= 0.3 is 0 Å². The van der Waals surface area contributed by atoms with Crippen LogP contribution in [0, 0.1) is 0 Å². The molecule has 11 heavy (non-hydrogen) atoms. The molecule has 0 radical (unpaired) electrons.